The number of hydrogen-bond acceptors (Lipinski definition) is 2. The number of nitrogens with zero attached hydrogens (tertiary/aromatic N) is 1. The van der Waals surface area contributed by atoms with Crippen molar-refractivity contribution in [2.75, 3.05) is 6.61 Å². The molecule has 1 aromatic rings. The highest BCUT2D eigenvalue weighted by Gasteiger charge is 2.20. The zero-order valence-electron chi connectivity index (χ0n) is 10.3. The predicted octanol–water partition coefficient (Wildman–Crippen LogP) is 2.17. The number of rotatable bonds is 7. The van der Waals surface area contributed by atoms with E-state index in [-0.39, 0.29) is 0 Å². The third-order valence-electron chi connectivity index (χ3n) is 2.86. The van der Waals surface area contributed by atoms with Gasteiger partial charge in [0, 0.05) is 31.0 Å². The maximum Gasteiger partial charge on any atom is 0.0649 e. The number of aromatic nitrogens is 1. The Kier molecular flexibility index (Phi) is 4.02. The van der Waals surface area contributed by atoms with Gasteiger partial charge in [0.15, 0.2) is 0 Å². The lowest BCUT2D eigenvalue weighted by molar-refractivity contribution is 0.0724. The van der Waals surface area contributed by atoms with Crippen LogP contribution in [0.1, 0.15) is 32.4 Å². The van der Waals surface area contributed by atoms with Crippen LogP contribution in [-0.2, 0) is 17.8 Å². The minimum absolute atomic E-state index is 0.323. The molecule has 1 N–H and O–H groups in total. The van der Waals surface area contributed by atoms with Crippen LogP contribution < -0.4 is 5.32 Å². The van der Waals surface area contributed by atoms with E-state index in [1.54, 1.807) is 0 Å². The first-order valence-electron chi connectivity index (χ1n) is 6.24. The molecule has 0 aromatic carbocycles. The maximum atomic E-state index is 5.57. The molecule has 0 saturated heterocycles. The molecule has 0 radical (unpaired) electrons. The third kappa shape index (κ3) is 3.65. The van der Waals surface area contributed by atoms with Crippen LogP contribution in [0.4, 0.5) is 0 Å². The lowest BCUT2D eigenvalue weighted by Crippen LogP contribution is -2.19. The Morgan fingerprint density at radius 1 is 1.50 bits per heavy atom. The van der Waals surface area contributed by atoms with Crippen molar-refractivity contribution in [3.05, 3.63) is 24.0 Å². The fourth-order valence-electron chi connectivity index (χ4n) is 1.75. The van der Waals surface area contributed by atoms with Crippen molar-refractivity contribution < 1.29 is 4.74 Å². The third-order valence-corrected chi connectivity index (χ3v) is 2.86. The quantitative estimate of drug-likeness (QED) is 0.765. The first kappa shape index (κ1) is 11.7. The summed E-state index contributed by atoms with van der Waals surface area (Å²) in [5, 5.41) is 3.54. The van der Waals surface area contributed by atoms with Gasteiger partial charge in [0.1, 0.15) is 0 Å². The molecule has 0 bridgehead atoms. The summed E-state index contributed by atoms with van der Waals surface area (Å²) in [4.78, 5) is 0. The van der Waals surface area contributed by atoms with E-state index in [1.807, 2.05) is 0 Å². The normalized spacial score (nSPS) is 15.9. The number of ether oxygens (including phenoxy) is 1. The van der Waals surface area contributed by atoms with Crippen molar-refractivity contribution >= 4 is 0 Å². The summed E-state index contributed by atoms with van der Waals surface area (Å²) in [5.41, 5.74) is 1.36. The van der Waals surface area contributed by atoms with Crippen LogP contribution in [0.15, 0.2) is 18.3 Å². The van der Waals surface area contributed by atoms with E-state index >= 15 is 0 Å². The van der Waals surface area contributed by atoms with Gasteiger partial charge in [-0.1, -0.05) is 0 Å². The summed E-state index contributed by atoms with van der Waals surface area (Å²) in [6.45, 7) is 6.88. The molecule has 1 saturated carbocycles. The van der Waals surface area contributed by atoms with E-state index in [4.69, 9.17) is 4.74 Å². The van der Waals surface area contributed by atoms with Gasteiger partial charge in [0.2, 0.25) is 0 Å². The van der Waals surface area contributed by atoms with Gasteiger partial charge in [-0.3, -0.25) is 0 Å². The summed E-state index contributed by atoms with van der Waals surface area (Å²) in [6.07, 6.45) is 5.14. The summed E-state index contributed by atoms with van der Waals surface area (Å²) in [5.74, 6) is 0. The first-order valence-corrected chi connectivity index (χ1v) is 6.24. The average Bonchev–Trinajstić information content (AvgIpc) is 2.96. The lowest BCUT2D eigenvalue weighted by Gasteiger charge is -2.12. The van der Waals surface area contributed by atoms with E-state index < -0.39 is 0 Å². The summed E-state index contributed by atoms with van der Waals surface area (Å²) in [7, 11) is 0. The van der Waals surface area contributed by atoms with Crippen LogP contribution in [-0.4, -0.2) is 23.3 Å². The molecule has 2 rings (SSSR count). The van der Waals surface area contributed by atoms with Crippen LogP contribution >= 0.6 is 0 Å². The molecular weight excluding hydrogens is 200 g/mol. The minimum atomic E-state index is 0.323. The van der Waals surface area contributed by atoms with Crippen molar-refractivity contribution in [3.8, 4) is 0 Å². The molecule has 0 spiro atoms. The van der Waals surface area contributed by atoms with Gasteiger partial charge in [-0.25, -0.2) is 0 Å². The SMILES string of the molecule is CC(C)OCCn1cccc1CNC1CC1. The Morgan fingerprint density at radius 3 is 3.00 bits per heavy atom. The van der Waals surface area contributed by atoms with Gasteiger partial charge in [0.05, 0.1) is 12.7 Å². The standard InChI is InChI=1S/C13H22N2O/c1-11(2)16-9-8-15-7-3-4-13(15)10-14-12-5-6-12/h3-4,7,11-12,14H,5-6,8-10H2,1-2H3. The molecule has 0 atom stereocenters. The molecule has 0 unspecified atom stereocenters. The maximum absolute atomic E-state index is 5.57. The van der Waals surface area contributed by atoms with Gasteiger partial charge >= 0.3 is 0 Å². The van der Waals surface area contributed by atoms with Crippen molar-refractivity contribution in [2.24, 2.45) is 0 Å². The Morgan fingerprint density at radius 2 is 2.31 bits per heavy atom. The molecule has 90 valence electrons. The van der Waals surface area contributed by atoms with Crippen LogP contribution in [0, 0.1) is 0 Å². The van der Waals surface area contributed by atoms with Gasteiger partial charge in [0.25, 0.3) is 0 Å². The molecule has 1 fully saturated rings. The smallest absolute Gasteiger partial charge is 0.0649 e. The summed E-state index contributed by atoms with van der Waals surface area (Å²) >= 11 is 0. The van der Waals surface area contributed by atoms with Crippen LogP contribution in [0.2, 0.25) is 0 Å². The molecular formula is C13H22N2O. The Balaban J connectivity index is 1.76. The van der Waals surface area contributed by atoms with Crippen molar-refractivity contribution in [3.63, 3.8) is 0 Å². The Labute approximate surface area is 97.8 Å². The largest absolute Gasteiger partial charge is 0.377 e. The molecule has 1 heterocycles. The van der Waals surface area contributed by atoms with Crippen molar-refractivity contribution in [1.82, 2.24) is 9.88 Å². The number of hydrogen-bond donors (Lipinski definition) is 1. The lowest BCUT2D eigenvalue weighted by atomic mass is 10.4. The predicted molar refractivity (Wildman–Crippen MR) is 65.4 cm³/mol. The minimum Gasteiger partial charge on any atom is -0.377 e. The zero-order valence-corrected chi connectivity index (χ0v) is 10.3. The Hall–Kier alpha value is -0.800. The average molecular weight is 222 g/mol. The van der Waals surface area contributed by atoms with Crippen molar-refractivity contribution in [2.45, 2.75) is 51.9 Å². The van der Waals surface area contributed by atoms with E-state index in [9.17, 15) is 0 Å². The van der Waals surface area contributed by atoms with E-state index in [0.717, 1.165) is 25.7 Å². The topological polar surface area (TPSA) is 26.2 Å². The first-order chi connectivity index (χ1) is 7.75. The second-order valence-corrected chi connectivity index (χ2v) is 4.77. The van der Waals surface area contributed by atoms with Crippen LogP contribution in [0.5, 0.6) is 0 Å². The van der Waals surface area contributed by atoms with Crippen molar-refractivity contribution in [1.29, 1.82) is 0 Å². The second kappa shape index (κ2) is 5.51. The summed E-state index contributed by atoms with van der Waals surface area (Å²) < 4.78 is 7.84. The zero-order chi connectivity index (χ0) is 11.4. The van der Waals surface area contributed by atoms with Gasteiger partial charge in [-0.2, -0.15) is 0 Å². The molecule has 0 amide bonds. The monoisotopic (exact) mass is 222 g/mol. The molecule has 0 aliphatic heterocycles. The highest BCUT2D eigenvalue weighted by atomic mass is 16.5. The highest BCUT2D eigenvalue weighted by Crippen LogP contribution is 2.19. The number of nitrogens with one attached hydrogen (secondary N) is 1. The molecule has 16 heavy (non-hydrogen) atoms. The van der Waals surface area contributed by atoms with Gasteiger partial charge < -0.3 is 14.6 Å². The van der Waals surface area contributed by atoms with Gasteiger partial charge in [-0.15, -0.1) is 0 Å². The summed E-state index contributed by atoms with van der Waals surface area (Å²) in [6, 6.07) is 5.07. The van der Waals surface area contributed by atoms with Crippen LogP contribution in [0.25, 0.3) is 0 Å². The second-order valence-electron chi connectivity index (χ2n) is 4.77. The molecule has 1 aliphatic carbocycles. The van der Waals surface area contributed by atoms with E-state index in [1.165, 1.54) is 18.5 Å². The van der Waals surface area contributed by atoms with E-state index in [2.05, 4.69) is 42.1 Å². The molecule has 3 heteroatoms. The van der Waals surface area contributed by atoms with Crippen LogP contribution in [0.3, 0.4) is 0 Å². The molecule has 1 aromatic heterocycles. The fourth-order valence-corrected chi connectivity index (χ4v) is 1.75. The molecule has 3 nitrogen and oxygen atoms in total. The van der Waals surface area contributed by atoms with Gasteiger partial charge in [-0.05, 0) is 38.8 Å². The molecule has 1 aliphatic rings. The fraction of sp³-hybridized carbons (Fsp3) is 0.692. The Bertz CT molecular complexity index is 315. The van der Waals surface area contributed by atoms with E-state index in [0.29, 0.717) is 6.10 Å². The highest BCUT2D eigenvalue weighted by molar-refractivity contribution is 5.07.